The second-order valence-electron chi connectivity index (χ2n) is 4.06. The molecular formula is C10H23NO2S. The maximum absolute atomic E-state index is 10.9. The second-order valence-corrected chi connectivity index (χ2v) is 6.24. The van der Waals surface area contributed by atoms with Crippen LogP contribution in [0.1, 0.15) is 45.4 Å². The first kappa shape index (κ1) is 13.9. The van der Waals surface area contributed by atoms with E-state index in [2.05, 4.69) is 6.92 Å². The lowest BCUT2D eigenvalue weighted by Crippen LogP contribution is -2.28. The highest BCUT2D eigenvalue weighted by Crippen LogP contribution is 2.07. The van der Waals surface area contributed by atoms with Gasteiger partial charge in [-0.1, -0.05) is 39.0 Å². The zero-order valence-electron chi connectivity index (χ0n) is 9.33. The molecule has 0 saturated heterocycles. The Bertz CT molecular complexity index is 224. The zero-order chi connectivity index (χ0) is 11.0. The smallest absolute Gasteiger partial charge is 0.148 e. The third-order valence-corrected chi connectivity index (χ3v) is 3.23. The van der Waals surface area contributed by atoms with Crippen molar-refractivity contribution >= 4 is 9.84 Å². The Labute approximate surface area is 88.0 Å². The first-order valence-corrected chi connectivity index (χ1v) is 7.45. The zero-order valence-corrected chi connectivity index (χ0v) is 10.1. The minimum Gasteiger partial charge on any atom is -0.327 e. The molecule has 0 amide bonds. The molecular weight excluding hydrogens is 198 g/mol. The molecule has 0 aromatic heterocycles. The van der Waals surface area contributed by atoms with Gasteiger partial charge in [0, 0.05) is 12.3 Å². The van der Waals surface area contributed by atoms with E-state index in [1.165, 1.54) is 31.9 Å². The van der Waals surface area contributed by atoms with E-state index in [1.807, 2.05) is 0 Å². The summed E-state index contributed by atoms with van der Waals surface area (Å²) in [5, 5.41) is 0. The number of hydrogen-bond acceptors (Lipinski definition) is 3. The van der Waals surface area contributed by atoms with Crippen molar-refractivity contribution in [2.24, 2.45) is 5.73 Å². The largest absolute Gasteiger partial charge is 0.327 e. The molecule has 14 heavy (non-hydrogen) atoms. The number of rotatable bonds is 8. The number of nitrogens with two attached hydrogens (primary N) is 1. The van der Waals surface area contributed by atoms with Crippen LogP contribution in [0.5, 0.6) is 0 Å². The molecule has 0 aliphatic rings. The summed E-state index contributed by atoms with van der Waals surface area (Å²) >= 11 is 0. The number of unbranched alkanes of at least 4 members (excludes halogenated alkanes) is 4. The Morgan fingerprint density at radius 3 is 2.21 bits per heavy atom. The third-order valence-electron chi connectivity index (χ3n) is 2.20. The molecule has 0 rings (SSSR count). The van der Waals surface area contributed by atoms with E-state index < -0.39 is 9.84 Å². The van der Waals surface area contributed by atoms with Crippen molar-refractivity contribution in [3.8, 4) is 0 Å². The molecule has 0 aliphatic carbocycles. The highest BCUT2D eigenvalue weighted by Gasteiger charge is 2.09. The first-order valence-electron chi connectivity index (χ1n) is 5.39. The molecule has 0 aromatic carbocycles. The van der Waals surface area contributed by atoms with E-state index in [-0.39, 0.29) is 11.8 Å². The van der Waals surface area contributed by atoms with Gasteiger partial charge in [-0.25, -0.2) is 8.42 Å². The summed E-state index contributed by atoms with van der Waals surface area (Å²) in [6, 6.07) is -0.174. The molecule has 0 aromatic rings. The topological polar surface area (TPSA) is 60.2 Å². The average Bonchev–Trinajstić information content (AvgIpc) is 2.00. The lowest BCUT2D eigenvalue weighted by atomic mass is 10.1. The SMILES string of the molecule is CCCCCCCC(N)CS(C)(=O)=O. The molecule has 0 fully saturated rings. The third kappa shape index (κ3) is 9.99. The van der Waals surface area contributed by atoms with Gasteiger partial charge >= 0.3 is 0 Å². The van der Waals surface area contributed by atoms with E-state index in [1.54, 1.807) is 0 Å². The van der Waals surface area contributed by atoms with Gasteiger partial charge in [0.15, 0.2) is 0 Å². The number of sulfone groups is 1. The molecule has 0 saturated carbocycles. The summed E-state index contributed by atoms with van der Waals surface area (Å²) in [4.78, 5) is 0. The molecule has 1 atom stereocenters. The fourth-order valence-electron chi connectivity index (χ4n) is 1.48. The van der Waals surface area contributed by atoms with Gasteiger partial charge < -0.3 is 5.73 Å². The van der Waals surface area contributed by atoms with Crippen LogP contribution >= 0.6 is 0 Å². The van der Waals surface area contributed by atoms with E-state index >= 15 is 0 Å². The van der Waals surface area contributed by atoms with Gasteiger partial charge in [0.25, 0.3) is 0 Å². The summed E-state index contributed by atoms with van der Waals surface area (Å²) in [5.41, 5.74) is 5.70. The Hall–Kier alpha value is -0.0900. The Morgan fingerprint density at radius 1 is 1.14 bits per heavy atom. The predicted molar refractivity (Wildman–Crippen MR) is 61.1 cm³/mol. The summed E-state index contributed by atoms with van der Waals surface area (Å²) in [7, 11) is -2.90. The van der Waals surface area contributed by atoms with Crippen LogP contribution in [0.3, 0.4) is 0 Å². The standard InChI is InChI=1S/C10H23NO2S/c1-3-4-5-6-7-8-10(11)9-14(2,12)13/h10H,3-9,11H2,1-2H3. The second kappa shape index (κ2) is 7.23. The van der Waals surface area contributed by atoms with Gasteiger partial charge in [-0.15, -0.1) is 0 Å². The molecule has 1 unspecified atom stereocenters. The van der Waals surface area contributed by atoms with Crippen LogP contribution in [-0.2, 0) is 9.84 Å². The highest BCUT2D eigenvalue weighted by molar-refractivity contribution is 7.90. The summed E-state index contributed by atoms with van der Waals surface area (Å²) in [5.74, 6) is 0.126. The fourth-order valence-corrected chi connectivity index (χ4v) is 2.43. The Morgan fingerprint density at radius 2 is 1.71 bits per heavy atom. The fraction of sp³-hybridized carbons (Fsp3) is 1.00. The van der Waals surface area contributed by atoms with Crippen molar-refractivity contribution in [1.29, 1.82) is 0 Å². The van der Waals surface area contributed by atoms with Gasteiger partial charge in [-0.05, 0) is 6.42 Å². The summed E-state index contributed by atoms with van der Waals surface area (Å²) < 4.78 is 21.8. The molecule has 3 nitrogen and oxygen atoms in total. The molecule has 0 spiro atoms. The van der Waals surface area contributed by atoms with Crippen LogP contribution in [0.15, 0.2) is 0 Å². The highest BCUT2D eigenvalue weighted by atomic mass is 32.2. The molecule has 0 bridgehead atoms. The molecule has 0 aliphatic heterocycles. The van der Waals surface area contributed by atoms with Crippen molar-refractivity contribution in [1.82, 2.24) is 0 Å². The van der Waals surface area contributed by atoms with E-state index in [9.17, 15) is 8.42 Å². The van der Waals surface area contributed by atoms with Gasteiger partial charge in [0.1, 0.15) is 9.84 Å². The number of hydrogen-bond donors (Lipinski definition) is 1. The van der Waals surface area contributed by atoms with Crippen molar-refractivity contribution < 1.29 is 8.42 Å². The normalized spacial score (nSPS) is 14.2. The lowest BCUT2D eigenvalue weighted by molar-refractivity contribution is 0.551. The van der Waals surface area contributed by atoms with Crippen LogP contribution in [0.2, 0.25) is 0 Å². The van der Waals surface area contributed by atoms with Crippen LogP contribution in [-0.4, -0.2) is 26.5 Å². The maximum Gasteiger partial charge on any atom is 0.148 e. The maximum atomic E-state index is 10.9. The van der Waals surface area contributed by atoms with Crippen molar-refractivity contribution in [3.63, 3.8) is 0 Å². The van der Waals surface area contributed by atoms with Crippen molar-refractivity contribution in [2.75, 3.05) is 12.0 Å². The Balaban J connectivity index is 3.41. The predicted octanol–water partition coefficient (Wildman–Crippen LogP) is 1.72. The summed E-state index contributed by atoms with van der Waals surface area (Å²) in [6.07, 6.45) is 8.03. The van der Waals surface area contributed by atoms with E-state index in [0.29, 0.717) is 0 Å². The van der Waals surface area contributed by atoms with Gasteiger partial charge in [-0.3, -0.25) is 0 Å². The van der Waals surface area contributed by atoms with Crippen LogP contribution < -0.4 is 5.73 Å². The van der Waals surface area contributed by atoms with E-state index in [4.69, 9.17) is 5.73 Å². The molecule has 0 radical (unpaired) electrons. The van der Waals surface area contributed by atoms with Crippen molar-refractivity contribution in [2.45, 2.75) is 51.5 Å². The molecule has 0 heterocycles. The van der Waals surface area contributed by atoms with Crippen molar-refractivity contribution in [3.05, 3.63) is 0 Å². The van der Waals surface area contributed by atoms with Gasteiger partial charge in [0.05, 0.1) is 5.75 Å². The summed E-state index contributed by atoms with van der Waals surface area (Å²) in [6.45, 7) is 2.18. The average molecular weight is 221 g/mol. The van der Waals surface area contributed by atoms with Crippen LogP contribution in [0.25, 0.3) is 0 Å². The lowest BCUT2D eigenvalue weighted by Gasteiger charge is -2.09. The van der Waals surface area contributed by atoms with Crippen LogP contribution in [0.4, 0.5) is 0 Å². The first-order chi connectivity index (χ1) is 6.45. The minimum absolute atomic E-state index is 0.126. The quantitative estimate of drug-likeness (QED) is 0.635. The van der Waals surface area contributed by atoms with Crippen LogP contribution in [0, 0.1) is 0 Å². The monoisotopic (exact) mass is 221 g/mol. The van der Waals surface area contributed by atoms with E-state index in [0.717, 1.165) is 12.8 Å². The Kier molecular flexibility index (Phi) is 7.19. The minimum atomic E-state index is -2.90. The molecule has 2 N–H and O–H groups in total. The van der Waals surface area contributed by atoms with Gasteiger partial charge in [-0.2, -0.15) is 0 Å². The molecule has 4 heteroatoms. The molecule has 86 valence electrons. The van der Waals surface area contributed by atoms with Gasteiger partial charge in [0.2, 0.25) is 0 Å².